The minimum atomic E-state index is 0.0673. The molecular weight excluding hydrogens is 298 g/mol. The highest BCUT2D eigenvalue weighted by Gasteiger charge is 2.13. The molecule has 1 atom stereocenters. The maximum absolute atomic E-state index is 12.3. The molecule has 3 aromatic rings. The number of fused-ring (bicyclic) bond motifs is 1. The van der Waals surface area contributed by atoms with E-state index in [1.807, 2.05) is 28.8 Å². The van der Waals surface area contributed by atoms with Crippen LogP contribution in [0.15, 0.2) is 54.9 Å². The Hall–Kier alpha value is -2.62. The zero-order chi connectivity index (χ0) is 16.9. The van der Waals surface area contributed by atoms with E-state index in [1.165, 1.54) is 5.56 Å². The second-order valence-electron chi connectivity index (χ2n) is 6.12. The molecule has 0 fully saturated rings. The molecule has 1 aromatic heterocycles. The number of aryl methyl sites for hydroxylation is 2. The van der Waals surface area contributed by atoms with E-state index >= 15 is 0 Å². The molecule has 0 spiro atoms. The summed E-state index contributed by atoms with van der Waals surface area (Å²) in [5.41, 5.74) is 4.41. The number of benzene rings is 2. The maximum Gasteiger partial charge on any atom is 0.222 e. The Balaban J connectivity index is 1.61. The second kappa shape index (κ2) is 7.30. The topological polar surface area (TPSA) is 46.9 Å². The first-order chi connectivity index (χ1) is 11.7. The van der Waals surface area contributed by atoms with E-state index in [0.717, 1.165) is 23.0 Å². The lowest BCUT2D eigenvalue weighted by atomic mass is 10.0. The van der Waals surface area contributed by atoms with Crippen LogP contribution in [-0.4, -0.2) is 15.5 Å². The van der Waals surface area contributed by atoms with E-state index in [-0.39, 0.29) is 11.9 Å². The first kappa shape index (κ1) is 16.2. The van der Waals surface area contributed by atoms with Crippen molar-refractivity contribution in [3.05, 3.63) is 66.0 Å². The van der Waals surface area contributed by atoms with Gasteiger partial charge in [-0.05, 0) is 31.0 Å². The third-order valence-electron chi connectivity index (χ3n) is 4.33. The molecular formula is C20H23N3O. The number of para-hydroxylation sites is 2. The van der Waals surface area contributed by atoms with E-state index in [4.69, 9.17) is 0 Å². The molecule has 24 heavy (non-hydrogen) atoms. The third kappa shape index (κ3) is 3.65. The van der Waals surface area contributed by atoms with Gasteiger partial charge in [0, 0.05) is 13.0 Å². The Morgan fingerprint density at radius 2 is 1.92 bits per heavy atom. The number of carbonyl (C=O) groups is 1. The highest BCUT2D eigenvalue weighted by atomic mass is 16.1. The van der Waals surface area contributed by atoms with Gasteiger partial charge in [0.15, 0.2) is 0 Å². The molecule has 4 heteroatoms. The van der Waals surface area contributed by atoms with Crippen molar-refractivity contribution in [2.24, 2.45) is 0 Å². The number of imidazole rings is 1. The van der Waals surface area contributed by atoms with Crippen LogP contribution >= 0.6 is 0 Å². The summed E-state index contributed by atoms with van der Waals surface area (Å²) in [6.45, 7) is 4.80. The fourth-order valence-corrected chi connectivity index (χ4v) is 2.90. The van der Waals surface area contributed by atoms with Gasteiger partial charge in [0.1, 0.15) is 0 Å². The average Bonchev–Trinajstić information content (AvgIpc) is 3.02. The number of aromatic nitrogens is 2. The monoisotopic (exact) mass is 321 g/mol. The number of nitrogens with zero attached hydrogens (tertiary/aromatic N) is 2. The summed E-state index contributed by atoms with van der Waals surface area (Å²) in [6, 6.07) is 16.4. The standard InChI is InChI=1S/C20H23N3O/c1-3-17(16-10-8-15(2)9-11-16)22-20(24)12-13-23-14-21-18-6-4-5-7-19(18)23/h4-11,14,17H,3,12-13H2,1-2H3,(H,22,24). The maximum atomic E-state index is 12.3. The summed E-state index contributed by atoms with van der Waals surface area (Å²) in [6.07, 6.45) is 3.13. The average molecular weight is 321 g/mol. The summed E-state index contributed by atoms with van der Waals surface area (Å²) in [7, 11) is 0. The predicted octanol–water partition coefficient (Wildman–Crippen LogP) is 4.00. The van der Waals surface area contributed by atoms with E-state index in [9.17, 15) is 4.79 Å². The van der Waals surface area contributed by atoms with Crippen molar-refractivity contribution < 1.29 is 4.79 Å². The van der Waals surface area contributed by atoms with Gasteiger partial charge in [0.05, 0.1) is 23.4 Å². The summed E-state index contributed by atoms with van der Waals surface area (Å²) in [5, 5.41) is 3.14. The van der Waals surface area contributed by atoms with Gasteiger partial charge in [-0.2, -0.15) is 0 Å². The fraction of sp³-hybridized carbons (Fsp3) is 0.300. The van der Waals surface area contributed by atoms with Crippen LogP contribution in [0.3, 0.4) is 0 Å². The first-order valence-corrected chi connectivity index (χ1v) is 8.43. The Kier molecular flexibility index (Phi) is 4.94. The van der Waals surface area contributed by atoms with Crippen LogP contribution < -0.4 is 5.32 Å². The lowest BCUT2D eigenvalue weighted by Gasteiger charge is -2.18. The normalized spacial score (nSPS) is 12.2. The van der Waals surface area contributed by atoms with Crippen LogP contribution in [0.1, 0.15) is 36.9 Å². The molecule has 124 valence electrons. The van der Waals surface area contributed by atoms with Gasteiger partial charge >= 0.3 is 0 Å². The van der Waals surface area contributed by atoms with Gasteiger partial charge in [-0.15, -0.1) is 0 Å². The van der Waals surface area contributed by atoms with Gasteiger partial charge in [-0.25, -0.2) is 4.98 Å². The van der Waals surface area contributed by atoms with Gasteiger partial charge in [0.2, 0.25) is 5.91 Å². The van der Waals surface area contributed by atoms with Gasteiger partial charge in [0.25, 0.3) is 0 Å². The molecule has 0 aliphatic rings. The number of rotatable bonds is 6. The number of nitrogens with one attached hydrogen (secondary N) is 1. The number of hydrogen-bond donors (Lipinski definition) is 1. The molecule has 2 aromatic carbocycles. The summed E-state index contributed by atoms with van der Waals surface area (Å²) in [4.78, 5) is 16.7. The number of carbonyl (C=O) groups excluding carboxylic acids is 1. The highest BCUT2D eigenvalue weighted by molar-refractivity contribution is 5.77. The van der Waals surface area contributed by atoms with E-state index in [2.05, 4.69) is 48.4 Å². The first-order valence-electron chi connectivity index (χ1n) is 8.43. The summed E-state index contributed by atoms with van der Waals surface area (Å²) < 4.78 is 2.03. The Bertz CT molecular complexity index is 820. The van der Waals surface area contributed by atoms with Crippen LogP contribution in [0.2, 0.25) is 0 Å². The van der Waals surface area contributed by atoms with Gasteiger partial charge in [-0.3, -0.25) is 4.79 Å². The molecule has 4 nitrogen and oxygen atoms in total. The van der Waals surface area contributed by atoms with E-state index in [0.29, 0.717) is 13.0 Å². The second-order valence-corrected chi connectivity index (χ2v) is 6.12. The van der Waals surface area contributed by atoms with Crippen molar-refractivity contribution in [1.29, 1.82) is 0 Å². The summed E-state index contributed by atoms with van der Waals surface area (Å²) in [5.74, 6) is 0.0696. The fourth-order valence-electron chi connectivity index (χ4n) is 2.90. The number of amides is 1. The minimum absolute atomic E-state index is 0.0673. The molecule has 1 unspecified atom stereocenters. The van der Waals surface area contributed by atoms with E-state index < -0.39 is 0 Å². The molecule has 3 rings (SSSR count). The van der Waals surface area contributed by atoms with Crippen molar-refractivity contribution in [2.75, 3.05) is 0 Å². The molecule has 1 amide bonds. The lowest BCUT2D eigenvalue weighted by Crippen LogP contribution is -2.28. The van der Waals surface area contributed by atoms with Crippen LogP contribution in [0.5, 0.6) is 0 Å². The largest absolute Gasteiger partial charge is 0.349 e. The minimum Gasteiger partial charge on any atom is -0.349 e. The molecule has 1 N–H and O–H groups in total. The van der Waals surface area contributed by atoms with Crippen molar-refractivity contribution in [1.82, 2.24) is 14.9 Å². The quantitative estimate of drug-likeness (QED) is 0.746. The molecule has 0 aliphatic heterocycles. The van der Waals surface area contributed by atoms with Gasteiger partial charge < -0.3 is 9.88 Å². The van der Waals surface area contributed by atoms with Crippen molar-refractivity contribution >= 4 is 16.9 Å². The SMILES string of the molecule is CCC(NC(=O)CCn1cnc2ccccc21)c1ccc(C)cc1. The van der Waals surface area contributed by atoms with Crippen molar-refractivity contribution in [3.8, 4) is 0 Å². The molecule has 0 saturated heterocycles. The Labute approximate surface area is 142 Å². The molecule has 0 bridgehead atoms. The summed E-state index contributed by atoms with van der Waals surface area (Å²) >= 11 is 0. The van der Waals surface area contributed by atoms with Crippen LogP contribution in [-0.2, 0) is 11.3 Å². The third-order valence-corrected chi connectivity index (χ3v) is 4.33. The molecule has 0 saturated carbocycles. The molecule has 0 radical (unpaired) electrons. The lowest BCUT2D eigenvalue weighted by molar-refractivity contribution is -0.122. The van der Waals surface area contributed by atoms with Crippen LogP contribution in [0.25, 0.3) is 11.0 Å². The zero-order valence-corrected chi connectivity index (χ0v) is 14.2. The van der Waals surface area contributed by atoms with Crippen LogP contribution in [0.4, 0.5) is 0 Å². The van der Waals surface area contributed by atoms with Crippen molar-refractivity contribution in [3.63, 3.8) is 0 Å². The van der Waals surface area contributed by atoms with E-state index in [1.54, 1.807) is 6.33 Å². The smallest absolute Gasteiger partial charge is 0.222 e. The zero-order valence-electron chi connectivity index (χ0n) is 14.2. The van der Waals surface area contributed by atoms with Crippen molar-refractivity contribution in [2.45, 2.75) is 39.3 Å². The Morgan fingerprint density at radius 3 is 2.67 bits per heavy atom. The van der Waals surface area contributed by atoms with Gasteiger partial charge in [-0.1, -0.05) is 48.9 Å². The highest BCUT2D eigenvalue weighted by Crippen LogP contribution is 2.17. The molecule has 0 aliphatic carbocycles. The predicted molar refractivity (Wildman–Crippen MR) is 96.7 cm³/mol. The van der Waals surface area contributed by atoms with Crippen LogP contribution in [0, 0.1) is 6.92 Å². The Morgan fingerprint density at radius 1 is 1.17 bits per heavy atom. The molecule has 1 heterocycles. The number of hydrogen-bond acceptors (Lipinski definition) is 2.